The molecule has 2 aromatic rings. The van der Waals surface area contributed by atoms with Gasteiger partial charge in [-0.3, -0.25) is 4.79 Å². The summed E-state index contributed by atoms with van der Waals surface area (Å²) in [5, 5.41) is 0.737. The summed E-state index contributed by atoms with van der Waals surface area (Å²) >= 11 is 0. The number of nitrogens with zero attached hydrogens (tertiary/aromatic N) is 4. The second-order valence-corrected chi connectivity index (χ2v) is 5.71. The SMILES string of the molecule is CC(=O)N(C)C1CCN(c2ncnc3ccc(F)cc23)CC1. The van der Waals surface area contributed by atoms with Crippen LogP contribution in [0, 0.1) is 5.82 Å². The number of halogens is 1. The Kier molecular flexibility index (Phi) is 3.92. The third kappa shape index (κ3) is 2.73. The smallest absolute Gasteiger partial charge is 0.219 e. The van der Waals surface area contributed by atoms with E-state index in [1.165, 1.54) is 18.5 Å². The second-order valence-electron chi connectivity index (χ2n) is 5.71. The highest BCUT2D eigenvalue weighted by molar-refractivity contribution is 5.89. The van der Waals surface area contributed by atoms with Gasteiger partial charge in [-0.1, -0.05) is 0 Å². The molecule has 0 spiro atoms. The fourth-order valence-electron chi connectivity index (χ4n) is 2.99. The third-order valence-electron chi connectivity index (χ3n) is 4.38. The van der Waals surface area contributed by atoms with Gasteiger partial charge in [-0.15, -0.1) is 0 Å². The van der Waals surface area contributed by atoms with Gasteiger partial charge < -0.3 is 9.80 Å². The lowest BCUT2D eigenvalue weighted by atomic mass is 10.0. The van der Waals surface area contributed by atoms with Gasteiger partial charge in [0, 0.05) is 38.5 Å². The molecule has 0 saturated carbocycles. The number of aromatic nitrogens is 2. The van der Waals surface area contributed by atoms with Gasteiger partial charge in [0.15, 0.2) is 0 Å². The summed E-state index contributed by atoms with van der Waals surface area (Å²) in [6, 6.07) is 4.83. The largest absolute Gasteiger partial charge is 0.356 e. The number of hydrogen-bond acceptors (Lipinski definition) is 4. The van der Waals surface area contributed by atoms with Crippen LogP contribution < -0.4 is 4.90 Å². The van der Waals surface area contributed by atoms with Gasteiger partial charge in [-0.2, -0.15) is 0 Å². The second kappa shape index (κ2) is 5.87. The molecule has 5 nitrogen and oxygen atoms in total. The fraction of sp³-hybridized carbons (Fsp3) is 0.438. The molecule has 0 N–H and O–H groups in total. The van der Waals surface area contributed by atoms with Crippen molar-refractivity contribution in [2.24, 2.45) is 0 Å². The zero-order chi connectivity index (χ0) is 15.7. The minimum Gasteiger partial charge on any atom is -0.356 e. The molecule has 22 heavy (non-hydrogen) atoms. The van der Waals surface area contributed by atoms with E-state index in [0.29, 0.717) is 0 Å². The molecule has 0 bridgehead atoms. The topological polar surface area (TPSA) is 49.3 Å². The van der Waals surface area contributed by atoms with E-state index < -0.39 is 0 Å². The number of carbonyl (C=O) groups is 1. The number of hydrogen-bond donors (Lipinski definition) is 0. The minimum absolute atomic E-state index is 0.0907. The highest BCUT2D eigenvalue weighted by atomic mass is 19.1. The van der Waals surface area contributed by atoms with Gasteiger partial charge in [-0.25, -0.2) is 14.4 Å². The van der Waals surface area contributed by atoms with Crippen molar-refractivity contribution in [1.29, 1.82) is 0 Å². The Balaban J connectivity index is 1.82. The van der Waals surface area contributed by atoms with Crippen molar-refractivity contribution in [1.82, 2.24) is 14.9 Å². The number of carbonyl (C=O) groups excluding carboxylic acids is 1. The Labute approximate surface area is 128 Å². The first-order chi connectivity index (χ1) is 10.6. The van der Waals surface area contributed by atoms with Crippen molar-refractivity contribution in [3.8, 4) is 0 Å². The molecule has 0 unspecified atom stereocenters. The van der Waals surface area contributed by atoms with Crippen LogP contribution in [-0.2, 0) is 4.79 Å². The number of rotatable bonds is 2. The summed E-state index contributed by atoms with van der Waals surface area (Å²) in [7, 11) is 1.85. The van der Waals surface area contributed by atoms with E-state index in [-0.39, 0.29) is 17.8 Å². The predicted octanol–water partition coefficient (Wildman–Crippen LogP) is 2.22. The Hall–Kier alpha value is -2.24. The van der Waals surface area contributed by atoms with E-state index in [1.54, 1.807) is 17.9 Å². The maximum Gasteiger partial charge on any atom is 0.219 e. The molecule has 2 heterocycles. The molecule has 1 aromatic carbocycles. The molecule has 1 fully saturated rings. The number of fused-ring (bicyclic) bond motifs is 1. The standard InChI is InChI=1S/C16H19FN4O/c1-11(22)20(2)13-5-7-21(8-6-13)16-14-9-12(17)3-4-15(14)18-10-19-16/h3-4,9-10,13H,5-8H2,1-2H3. The number of piperidine rings is 1. The molecule has 1 aliphatic heterocycles. The van der Waals surface area contributed by atoms with Crippen LogP contribution in [0.15, 0.2) is 24.5 Å². The van der Waals surface area contributed by atoms with Crippen molar-refractivity contribution in [3.05, 3.63) is 30.3 Å². The lowest BCUT2D eigenvalue weighted by Gasteiger charge is -2.37. The number of anilines is 1. The highest BCUT2D eigenvalue weighted by Crippen LogP contribution is 2.27. The van der Waals surface area contributed by atoms with E-state index in [1.807, 2.05) is 7.05 Å². The zero-order valence-electron chi connectivity index (χ0n) is 12.8. The molecule has 0 aliphatic carbocycles. The van der Waals surface area contributed by atoms with Crippen molar-refractivity contribution in [2.45, 2.75) is 25.8 Å². The van der Waals surface area contributed by atoms with Gasteiger partial charge in [0.2, 0.25) is 5.91 Å². The predicted molar refractivity (Wildman–Crippen MR) is 83.2 cm³/mol. The molecule has 3 rings (SSSR count). The first-order valence-electron chi connectivity index (χ1n) is 7.45. The van der Waals surface area contributed by atoms with Crippen LogP contribution in [0.5, 0.6) is 0 Å². The Morgan fingerprint density at radius 2 is 2.05 bits per heavy atom. The van der Waals surface area contributed by atoms with Gasteiger partial charge in [0.25, 0.3) is 0 Å². The maximum absolute atomic E-state index is 13.5. The molecule has 0 atom stereocenters. The molecule has 1 aromatic heterocycles. The third-order valence-corrected chi connectivity index (χ3v) is 4.38. The lowest BCUT2D eigenvalue weighted by molar-refractivity contribution is -0.129. The van der Waals surface area contributed by atoms with E-state index in [2.05, 4.69) is 14.9 Å². The first kappa shape index (κ1) is 14.7. The molecular formula is C16H19FN4O. The van der Waals surface area contributed by atoms with Gasteiger partial charge in [0.05, 0.1) is 5.52 Å². The molecule has 0 radical (unpaired) electrons. The Morgan fingerprint density at radius 3 is 2.73 bits per heavy atom. The van der Waals surface area contributed by atoms with Gasteiger partial charge in [0.1, 0.15) is 18.0 Å². The average Bonchev–Trinajstić information content (AvgIpc) is 2.53. The maximum atomic E-state index is 13.5. The Bertz CT molecular complexity index is 698. The highest BCUT2D eigenvalue weighted by Gasteiger charge is 2.25. The molecule has 1 aliphatic rings. The van der Waals surface area contributed by atoms with Gasteiger partial charge in [-0.05, 0) is 31.0 Å². The molecule has 1 saturated heterocycles. The van der Waals surface area contributed by atoms with Crippen LogP contribution in [0.2, 0.25) is 0 Å². The van der Waals surface area contributed by atoms with Crippen LogP contribution in [0.1, 0.15) is 19.8 Å². The number of benzene rings is 1. The van der Waals surface area contributed by atoms with Crippen LogP contribution >= 0.6 is 0 Å². The fourth-order valence-corrected chi connectivity index (χ4v) is 2.99. The summed E-state index contributed by atoms with van der Waals surface area (Å²) in [6.07, 6.45) is 3.29. The van der Waals surface area contributed by atoms with Crippen LogP contribution in [-0.4, -0.2) is 47.0 Å². The molecule has 116 valence electrons. The zero-order valence-corrected chi connectivity index (χ0v) is 12.8. The summed E-state index contributed by atoms with van der Waals surface area (Å²) in [5.74, 6) is 0.580. The molecule has 6 heteroatoms. The van der Waals surface area contributed by atoms with Crippen LogP contribution in [0.4, 0.5) is 10.2 Å². The minimum atomic E-state index is -0.283. The summed E-state index contributed by atoms with van der Waals surface area (Å²) in [5.41, 5.74) is 0.745. The first-order valence-corrected chi connectivity index (χ1v) is 7.45. The normalized spacial score (nSPS) is 16.0. The molecular weight excluding hydrogens is 283 g/mol. The monoisotopic (exact) mass is 302 g/mol. The average molecular weight is 302 g/mol. The van der Waals surface area contributed by atoms with Crippen LogP contribution in [0.3, 0.4) is 0 Å². The van der Waals surface area contributed by atoms with Crippen molar-refractivity contribution < 1.29 is 9.18 Å². The quantitative estimate of drug-likeness (QED) is 0.853. The summed E-state index contributed by atoms with van der Waals surface area (Å²) < 4.78 is 13.5. The number of amides is 1. The van der Waals surface area contributed by atoms with Gasteiger partial charge >= 0.3 is 0 Å². The summed E-state index contributed by atoms with van der Waals surface area (Å²) in [6.45, 7) is 3.18. The van der Waals surface area contributed by atoms with E-state index in [9.17, 15) is 9.18 Å². The molecule has 1 amide bonds. The van der Waals surface area contributed by atoms with Crippen molar-refractivity contribution in [3.63, 3.8) is 0 Å². The van der Waals surface area contributed by atoms with E-state index in [0.717, 1.165) is 42.7 Å². The Morgan fingerprint density at radius 1 is 1.32 bits per heavy atom. The van der Waals surface area contributed by atoms with E-state index in [4.69, 9.17) is 0 Å². The van der Waals surface area contributed by atoms with E-state index >= 15 is 0 Å². The van der Waals surface area contributed by atoms with Crippen molar-refractivity contribution >= 4 is 22.6 Å². The lowest BCUT2D eigenvalue weighted by Crippen LogP contribution is -2.45. The summed E-state index contributed by atoms with van der Waals surface area (Å²) in [4.78, 5) is 23.9. The van der Waals surface area contributed by atoms with Crippen LogP contribution in [0.25, 0.3) is 10.9 Å². The van der Waals surface area contributed by atoms with Crippen molar-refractivity contribution in [2.75, 3.05) is 25.0 Å².